The Morgan fingerprint density at radius 3 is 2.27 bits per heavy atom. The highest BCUT2D eigenvalue weighted by atomic mass is 32.2. The van der Waals surface area contributed by atoms with Crippen molar-refractivity contribution in [2.45, 2.75) is 98.4 Å². The second-order valence-electron chi connectivity index (χ2n) is 13.4. The summed E-state index contributed by atoms with van der Waals surface area (Å²) in [4.78, 5) is 0.490. The van der Waals surface area contributed by atoms with E-state index in [4.69, 9.17) is 8.92 Å². The van der Waals surface area contributed by atoms with Crippen molar-refractivity contribution >= 4 is 30.7 Å². The SMILES string of the molecule is O=S(=O)(Oc1ccc([C@@H](O)CNCCCCCCOCCCCc2cccc(S(=O)(=O)C3CCCC3)c2)cc1CO)c1ccc2ccccc2c1. The van der Waals surface area contributed by atoms with E-state index in [1.807, 2.05) is 42.5 Å². The van der Waals surface area contributed by atoms with Crippen molar-refractivity contribution in [1.29, 1.82) is 0 Å². The van der Waals surface area contributed by atoms with Gasteiger partial charge in [0.1, 0.15) is 10.6 Å². The number of unbranched alkanes of at least 4 members (excludes halogenated alkanes) is 4. The van der Waals surface area contributed by atoms with Crippen molar-refractivity contribution in [3.8, 4) is 5.75 Å². The maximum Gasteiger partial charge on any atom is 0.339 e. The molecular weight excluding hydrogens is 687 g/mol. The second-order valence-corrected chi connectivity index (χ2v) is 17.1. The number of hydrogen-bond acceptors (Lipinski definition) is 9. The van der Waals surface area contributed by atoms with E-state index in [-0.39, 0.29) is 21.5 Å². The number of aryl methyl sites for hydroxylation is 1. The zero-order valence-corrected chi connectivity index (χ0v) is 30.8. The van der Waals surface area contributed by atoms with Gasteiger partial charge in [0.15, 0.2) is 9.84 Å². The molecule has 0 bridgehead atoms. The fraction of sp³-hybridized carbons (Fsp3) is 0.450. The summed E-state index contributed by atoms with van der Waals surface area (Å²) in [7, 11) is -7.35. The normalized spacial score (nSPS) is 14.6. The van der Waals surface area contributed by atoms with Crippen molar-refractivity contribution in [2.24, 2.45) is 0 Å². The van der Waals surface area contributed by atoms with Gasteiger partial charge in [-0.1, -0.05) is 74.2 Å². The van der Waals surface area contributed by atoms with Crippen LogP contribution in [-0.2, 0) is 37.7 Å². The lowest BCUT2D eigenvalue weighted by Gasteiger charge is -2.16. The van der Waals surface area contributed by atoms with Crippen molar-refractivity contribution in [1.82, 2.24) is 5.32 Å². The van der Waals surface area contributed by atoms with E-state index in [1.165, 1.54) is 12.1 Å². The van der Waals surface area contributed by atoms with E-state index in [0.29, 0.717) is 23.6 Å². The third-order valence-electron chi connectivity index (χ3n) is 9.55. The van der Waals surface area contributed by atoms with E-state index in [2.05, 4.69) is 5.32 Å². The van der Waals surface area contributed by atoms with Crippen LogP contribution in [0.15, 0.2) is 94.7 Å². The van der Waals surface area contributed by atoms with E-state index < -0.39 is 32.7 Å². The average Bonchev–Trinajstić information content (AvgIpc) is 3.70. The van der Waals surface area contributed by atoms with Crippen molar-refractivity contribution < 1.29 is 36.0 Å². The summed E-state index contributed by atoms with van der Waals surface area (Å²) in [6.45, 7) is 2.05. The molecule has 9 nitrogen and oxygen atoms in total. The number of nitrogens with one attached hydrogen (secondary N) is 1. The van der Waals surface area contributed by atoms with Crippen LogP contribution in [0.4, 0.5) is 0 Å². The molecule has 1 aliphatic rings. The lowest BCUT2D eigenvalue weighted by molar-refractivity contribution is 0.126. The molecule has 0 unspecified atom stereocenters. The summed E-state index contributed by atoms with van der Waals surface area (Å²) in [5.74, 6) is 0.0216. The highest BCUT2D eigenvalue weighted by Gasteiger charge is 2.30. The molecule has 1 aliphatic carbocycles. The predicted octanol–water partition coefficient (Wildman–Crippen LogP) is 7.04. The van der Waals surface area contributed by atoms with Crippen molar-refractivity contribution in [3.63, 3.8) is 0 Å². The molecule has 0 aliphatic heterocycles. The number of fused-ring (bicyclic) bond motifs is 1. The minimum atomic E-state index is -4.13. The van der Waals surface area contributed by atoms with E-state index in [9.17, 15) is 27.0 Å². The first kappa shape index (κ1) is 38.9. The quantitative estimate of drug-likeness (QED) is 0.0607. The maximum absolute atomic E-state index is 13.0. The van der Waals surface area contributed by atoms with Crippen LogP contribution in [-0.4, -0.2) is 58.6 Å². The average molecular weight is 738 g/mol. The first-order valence-electron chi connectivity index (χ1n) is 18.1. The molecule has 276 valence electrons. The van der Waals surface area contributed by atoms with Gasteiger partial charge in [-0.3, -0.25) is 0 Å². The van der Waals surface area contributed by atoms with Crippen LogP contribution in [0.3, 0.4) is 0 Å². The van der Waals surface area contributed by atoms with Gasteiger partial charge in [0.2, 0.25) is 0 Å². The smallest absolute Gasteiger partial charge is 0.339 e. The molecule has 0 saturated heterocycles. The van der Waals surface area contributed by atoms with Gasteiger partial charge in [-0.05, 0) is 110 Å². The van der Waals surface area contributed by atoms with Crippen LogP contribution in [0, 0.1) is 0 Å². The monoisotopic (exact) mass is 737 g/mol. The molecule has 4 aromatic carbocycles. The summed E-state index contributed by atoms with van der Waals surface area (Å²) >= 11 is 0. The van der Waals surface area contributed by atoms with Crippen LogP contribution in [0.5, 0.6) is 5.75 Å². The molecule has 1 saturated carbocycles. The second kappa shape index (κ2) is 19.0. The number of hydrogen-bond donors (Lipinski definition) is 3. The largest absolute Gasteiger partial charge is 0.392 e. The van der Waals surface area contributed by atoms with Crippen LogP contribution in [0.2, 0.25) is 0 Å². The van der Waals surface area contributed by atoms with Gasteiger partial charge in [0.25, 0.3) is 0 Å². The summed E-state index contributed by atoms with van der Waals surface area (Å²) in [6.07, 6.45) is 9.51. The molecule has 0 amide bonds. The molecule has 51 heavy (non-hydrogen) atoms. The Bertz CT molecular complexity index is 1920. The van der Waals surface area contributed by atoms with E-state index in [0.717, 1.165) is 100 Å². The highest BCUT2D eigenvalue weighted by molar-refractivity contribution is 7.92. The van der Waals surface area contributed by atoms with E-state index in [1.54, 1.807) is 30.3 Å². The topological polar surface area (TPSA) is 139 Å². The molecule has 5 rings (SSSR count). The van der Waals surface area contributed by atoms with Crippen molar-refractivity contribution in [3.05, 3.63) is 102 Å². The number of ether oxygens (including phenoxy) is 1. The van der Waals surface area contributed by atoms with Crippen LogP contribution >= 0.6 is 0 Å². The van der Waals surface area contributed by atoms with Crippen molar-refractivity contribution in [2.75, 3.05) is 26.3 Å². The van der Waals surface area contributed by atoms with Gasteiger partial charge in [-0.2, -0.15) is 8.42 Å². The molecule has 1 fully saturated rings. The van der Waals surface area contributed by atoms with Gasteiger partial charge in [0.05, 0.1) is 22.9 Å². The molecule has 0 spiro atoms. The van der Waals surface area contributed by atoms with Crippen LogP contribution in [0.25, 0.3) is 10.8 Å². The Hall–Kier alpha value is -3.32. The Morgan fingerprint density at radius 2 is 1.49 bits per heavy atom. The van der Waals surface area contributed by atoms with Gasteiger partial charge in [-0.15, -0.1) is 0 Å². The number of benzene rings is 4. The zero-order chi connectivity index (χ0) is 36.1. The van der Waals surface area contributed by atoms with E-state index >= 15 is 0 Å². The minimum Gasteiger partial charge on any atom is -0.392 e. The Kier molecular flexibility index (Phi) is 14.5. The number of aliphatic hydroxyl groups excluding tert-OH is 2. The summed E-state index contributed by atoms with van der Waals surface area (Å²) in [5.41, 5.74) is 1.90. The lowest BCUT2D eigenvalue weighted by Crippen LogP contribution is -2.22. The molecule has 0 radical (unpaired) electrons. The van der Waals surface area contributed by atoms with Crippen LogP contribution in [0.1, 0.15) is 87.0 Å². The third kappa shape index (κ3) is 11.1. The van der Waals surface area contributed by atoms with Gasteiger partial charge in [0, 0.05) is 25.3 Å². The van der Waals surface area contributed by atoms with Gasteiger partial charge >= 0.3 is 10.1 Å². The van der Waals surface area contributed by atoms with Gasteiger partial charge < -0.3 is 24.4 Å². The van der Waals surface area contributed by atoms with Crippen LogP contribution < -0.4 is 9.50 Å². The molecular formula is C40H51NO8S2. The molecule has 3 N–H and O–H groups in total. The minimum absolute atomic E-state index is 0.0202. The summed E-state index contributed by atoms with van der Waals surface area (Å²) in [6, 6.07) is 24.3. The molecule has 1 atom stereocenters. The Balaban J connectivity index is 0.922. The third-order valence-corrected chi connectivity index (χ3v) is 13.0. The first-order valence-corrected chi connectivity index (χ1v) is 21.1. The summed E-state index contributed by atoms with van der Waals surface area (Å²) in [5, 5.41) is 25.4. The summed E-state index contributed by atoms with van der Waals surface area (Å²) < 4.78 is 63.0. The molecule has 0 aromatic heterocycles. The zero-order valence-electron chi connectivity index (χ0n) is 29.2. The van der Waals surface area contributed by atoms with Gasteiger partial charge in [-0.25, -0.2) is 8.42 Å². The Morgan fingerprint density at radius 1 is 0.745 bits per heavy atom. The first-order chi connectivity index (χ1) is 24.7. The highest BCUT2D eigenvalue weighted by Crippen LogP contribution is 2.31. The molecule has 0 heterocycles. The number of aliphatic hydroxyl groups is 2. The number of sulfone groups is 1. The fourth-order valence-corrected chi connectivity index (χ4v) is 9.49. The molecule has 11 heteroatoms. The maximum atomic E-state index is 13.0. The Labute approximate surface area is 303 Å². The molecule has 4 aromatic rings. The standard InChI is InChI=1S/C40H51NO8S2/c42-30-35-27-34(20-22-40(35)49-51(46,47)38-21-19-32-14-3-4-15-33(32)28-38)39(43)29-41-23-8-1-2-9-24-48-25-10-7-12-31-13-11-18-37(26-31)50(44,45)36-16-5-6-17-36/h3-4,11,13-15,18-22,26-28,36,39,41-43H,1-2,5-10,12,16-17,23-25,29-30H2/t39-/m0/s1. The number of rotatable bonds is 21. The fourth-order valence-electron chi connectivity index (χ4n) is 6.57. The lowest BCUT2D eigenvalue weighted by atomic mass is 10.1. The predicted molar refractivity (Wildman–Crippen MR) is 200 cm³/mol.